The number of halogens is 3. The summed E-state index contributed by atoms with van der Waals surface area (Å²) < 4.78 is 32.4. The lowest BCUT2D eigenvalue weighted by atomic mass is 10.1. The minimum Gasteiger partial charge on any atom is -0.457 e. The maximum absolute atomic E-state index is 13.1. The molecular formula is C14H11BrF2O2. The van der Waals surface area contributed by atoms with Gasteiger partial charge in [0.1, 0.15) is 23.1 Å². The molecule has 0 aromatic heterocycles. The number of ether oxygens (including phenoxy) is 1. The zero-order valence-corrected chi connectivity index (χ0v) is 11.6. The molecule has 2 aromatic rings. The van der Waals surface area contributed by atoms with Crippen LogP contribution < -0.4 is 4.74 Å². The first-order valence-electron chi connectivity index (χ1n) is 5.57. The molecule has 0 saturated heterocycles. The molecule has 0 heterocycles. The lowest BCUT2D eigenvalue weighted by molar-refractivity contribution is 0.195. The topological polar surface area (TPSA) is 29.5 Å². The van der Waals surface area contributed by atoms with E-state index in [9.17, 15) is 13.9 Å². The van der Waals surface area contributed by atoms with Gasteiger partial charge in [0.05, 0.1) is 6.10 Å². The Bertz CT molecular complexity index is 580. The SMILES string of the molecule is CC(O)c1cc(Br)ccc1Oc1cc(F)cc(F)c1. The molecule has 0 radical (unpaired) electrons. The molecule has 100 valence electrons. The average molecular weight is 329 g/mol. The minimum absolute atomic E-state index is 0.0433. The number of rotatable bonds is 3. The van der Waals surface area contributed by atoms with Crippen LogP contribution in [0.3, 0.4) is 0 Å². The summed E-state index contributed by atoms with van der Waals surface area (Å²) in [5, 5.41) is 9.67. The lowest BCUT2D eigenvalue weighted by Gasteiger charge is -2.13. The maximum atomic E-state index is 13.1. The van der Waals surface area contributed by atoms with Crippen molar-refractivity contribution in [1.82, 2.24) is 0 Å². The van der Waals surface area contributed by atoms with E-state index in [1.807, 2.05) is 0 Å². The summed E-state index contributed by atoms with van der Waals surface area (Å²) in [5.74, 6) is -1.04. The van der Waals surface area contributed by atoms with Gasteiger partial charge in [0.25, 0.3) is 0 Å². The van der Waals surface area contributed by atoms with Crippen LogP contribution in [0.15, 0.2) is 40.9 Å². The first-order valence-corrected chi connectivity index (χ1v) is 6.36. The van der Waals surface area contributed by atoms with E-state index in [4.69, 9.17) is 4.74 Å². The molecule has 2 nitrogen and oxygen atoms in total. The predicted molar refractivity (Wildman–Crippen MR) is 71.2 cm³/mol. The van der Waals surface area contributed by atoms with Gasteiger partial charge in [-0.2, -0.15) is 0 Å². The number of hydrogen-bond acceptors (Lipinski definition) is 2. The molecule has 0 spiro atoms. The molecule has 2 rings (SSSR count). The average Bonchev–Trinajstić information content (AvgIpc) is 2.30. The van der Waals surface area contributed by atoms with Crippen LogP contribution in [0, 0.1) is 11.6 Å². The van der Waals surface area contributed by atoms with Crippen molar-refractivity contribution < 1.29 is 18.6 Å². The van der Waals surface area contributed by atoms with Crippen molar-refractivity contribution in [1.29, 1.82) is 0 Å². The quantitative estimate of drug-likeness (QED) is 0.894. The number of benzene rings is 2. The third kappa shape index (κ3) is 3.52. The molecule has 0 bridgehead atoms. The monoisotopic (exact) mass is 328 g/mol. The second-order valence-electron chi connectivity index (χ2n) is 4.07. The van der Waals surface area contributed by atoms with Gasteiger partial charge < -0.3 is 9.84 Å². The van der Waals surface area contributed by atoms with Crippen molar-refractivity contribution in [2.24, 2.45) is 0 Å². The summed E-state index contributed by atoms with van der Waals surface area (Å²) in [6, 6.07) is 7.96. The van der Waals surface area contributed by atoms with Crippen LogP contribution in [0.4, 0.5) is 8.78 Å². The summed E-state index contributed by atoms with van der Waals surface area (Å²) in [7, 11) is 0. The van der Waals surface area contributed by atoms with E-state index in [0.29, 0.717) is 11.3 Å². The van der Waals surface area contributed by atoms with Gasteiger partial charge in [-0.25, -0.2) is 8.78 Å². The predicted octanol–water partition coefficient (Wildman–Crippen LogP) is 4.57. The van der Waals surface area contributed by atoms with Crippen LogP contribution in [0.5, 0.6) is 11.5 Å². The highest BCUT2D eigenvalue weighted by Crippen LogP contribution is 2.32. The van der Waals surface area contributed by atoms with Crippen LogP contribution in [-0.2, 0) is 0 Å². The minimum atomic E-state index is -0.758. The van der Waals surface area contributed by atoms with Crippen molar-refractivity contribution in [3.05, 3.63) is 58.1 Å². The normalized spacial score (nSPS) is 12.3. The van der Waals surface area contributed by atoms with Gasteiger partial charge in [0.15, 0.2) is 0 Å². The Morgan fingerprint density at radius 3 is 2.32 bits per heavy atom. The second kappa shape index (κ2) is 5.67. The molecule has 1 unspecified atom stereocenters. The molecule has 0 aliphatic heterocycles. The van der Waals surface area contributed by atoms with E-state index in [1.54, 1.807) is 25.1 Å². The Kier molecular flexibility index (Phi) is 4.17. The summed E-state index contributed by atoms with van der Waals surface area (Å²) in [4.78, 5) is 0. The molecule has 0 aliphatic carbocycles. The molecule has 0 amide bonds. The third-order valence-corrected chi connectivity index (χ3v) is 2.98. The number of aliphatic hydroxyl groups excluding tert-OH is 1. The summed E-state index contributed by atoms with van der Waals surface area (Å²) in [5.41, 5.74) is 0.527. The van der Waals surface area contributed by atoms with E-state index in [-0.39, 0.29) is 5.75 Å². The summed E-state index contributed by atoms with van der Waals surface area (Å²) in [6.45, 7) is 1.58. The number of hydrogen-bond donors (Lipinski definition) is 1. The molecule has 19 heavy (non-hydrogen) atoms. The highest BCUT2D eigenvalue weighted by Gasteiger charge is 2.11. The molecule has 0 fully saturated rings. The van der Waals surface area contributed by atoms with Crippen molar-refractivity contribution >= 4 is 15.9 Å². The second-order valence-corrected chi connectivity index (χ2v) is 4.98. The van der Waals surface area contributed by atoms with E-state index in [2.05, 4.69) is 15.9 Å². The zero-order valence-electron chi connectivity index (χ0n) is 10.0. The number of aliphatic hydroxyl groups is 1. The molecule has 1 N–H and O–H groups in total. The van der Waals surface area contributed by atoms with Crippen LogP contribution in [0.25, 0.3) is 0 Å². The van der Waals surface area contributed by atoms with Gasteiger partial charge in [0.2, 0.25) is 0 Å². The standard InChI is InChI=1S/C14H11BrF2O2/c1-8(18)13-4-9(15)2-3-14(13)19-12-6-10(16)5-11(17)7-12/h2-8,18H,1H3. The first-order chi connectivity index (χ1) is 8.95. The van der Waals surface area contributed by atoms with Crippen LogP contribution >= 0.6 is 15.9 Å². The van der Waals surface area contributed by atoms with E-state index in [0.717, 1.165) is 22.7 Å². The fourth-order valence-electron chi connectivity index (χ4n) is 1.65. The highest BCUT2D eigenvalue weighted by molar-refractivity contribution is 9.10. The molecule has 2 aromatic carbocycles. The molecule has 0 saturated carbocycles. The Hall–Kier alpha value is -1.46. The molecule has 5 heteroatoms. The molecule has 0 aliphatic rings. The molecular weight excluding hydrogens is 318 g/mol. The summed E-state index contributed by atoms with van der Waals surface area (Å²) >= 11 is 3.29. The maximum Gasteiger partial charge on any atom is 0.133 e. The van der Waals surface area contributed by atoms with Gasteiger partial charge in [-0.05, 0) is 25.1 Å². The van der Waals surface area contributed by atoms with Gasteiger partial charge in [-0.1, -0.05) is 15.9 Å². The smallest absolute Gasteiger partial charge is 0.133 e. The van der Waals surface area contributed by atoms with Crippen molar-refractivity contribution in [2.45, 2.75) is 13.0 Å². The van der Waals surface area contributed by atoms with Crippen molar-refractivity contribution in [2.75, 3.05) is 0 Å². The zero-order chi connectivity index (χ0) is 14.0. The van der Waals surface area contributed by atoms with E-state index < -0.39 is 17.7 Å². The largest absolute Gasteiger partial charge is 0.457 e. The van der Waals surface area contributed by atoms with Gasteiger partial charge in [-0.3, -0.25) is 0 Å². The third-order valence-electron chi connectivity index (χ3n) is 2.49. The lowest BCUT2D eigenvalue weighted by Crippen LogP contribution is -1.97. The Balaban J connectivity index is 2.37. The highest BCUT2D eigenvalue weighted by atomic mass is 79.9. The van der Waals surface area contributed by atoms with Crippen molar-refractivity contribution in [3.8, 4) is 11.5 Å². The fourth-order valence-corrected chi connectivity index (χ4v) is 2.03. The van der Waals surface area contributed by atoms with E-state index >= 15 is 0 Å². The van der Waals surface area contributed by atoms with Crippen LogP contribution in [0.2, 0.25) is 0 Å². The summed E-state index contributed by atoms with van der Waals surface area (Å²) in [6.07, 6.45) is -0.758. The Morgan fingerprint density at radius 2 is 1.74 bits per heavy atom. The van der Waals surface area contributed by atoms with Gasteiger partial charge in [-0.15, -0.1) is 0 Å². The van der Waals surface area contributed by atoms with Crippen molar-refractivity contribution in [3.63, 3.8) is 0 Å². The van der Waals surface area contributed by atoms with Gasteiger partial charge >= 0.3 is 0 Å². The van der Waals surface area contributed by atoms with Crippen LogP contribution in [0.1, 0.15) is 18.6 Å². The Labute approximate surface area is 117 Å². The first kappa shape index (κ1) is 14.0. The fraction of sp³-hybridized carbons (Fsp3) is 0.143. The van der Waals surface area contributed by atoms with Gasteiger partial charge in [0, 0.05) is 28.2 Å². The van der Waals surface area contributed by atoms with E-state index in [1.165, 1.54) is 0 Å². The Morgan fingerprint density at radius 1 is 1.11 bits per heavy atom. The molecule has 1 atom stereocenters. The van der Waals surface area contributed by atoms with Crippen LogP contribution in [-0.4, -0.2) is 5.11 Å².